The molecule has 4 rings (SSSR count). The summed E-state index contributed by atoms with van der Waals surface area (Å²) in [7, 11) is 2.22. The second-order valence-electron chi connectivity index (χ2n) is 5.50. The highest BCUT2D eigenvalue weighted by Crippen LogP contribution is 2.49. The van der Waals surface area contributed by atoms with E-state index >= 15 is 0 Å². The third-order valence-corrected chi connectivity index (χ3v) is 6.43. The molecule has 0 saturated carbocycles. The number of rotatable bonds is 0. The zero-order valence-electron chi connectivity index (χ0n) is 11.6. The van der Waals surface area contributed by atoms with Crippen LogP contribution < -0.4 is 0 Å². The van der Waals surface area contributed by atoms with Crippen molar-refractivity contribution >= 4 is 28.7 Å². The molecule has 0 radical (unpaired) electrons. The first kappa shape index (κ1) is 12.7. The number of hydrogen-bond donors (Lipinski definition) is 0. The lowest BCUT2D eigenvalue weighted by Crippen LogP contribution is -2.27. The number of nitrogens with zero attached hydrogens (tertiary/aromatic N) is 1. The molecule has 2 aliphatic heterocycles. The van der Waals surface area contributed by atoms with Crippen molar-refractivity contribution in [3.8, 4) is 0 Å². The van der Waals surface area contributed by atoms with Crippen molar-refractivity contribution in [1.82, 2.24) is 4.90 Å². The van der Waals surface area contributed by atoms with Gasteiger partial charge in [-0.15, -0.1) is 11.3 Å². The molecule has 1 fully saturated rings. The quantitative estimate of drug-likeness (QED) is 0.590. The Morgan fingerprint density at radius 2 is 1.80 bits per heavy atom. The highest BCUT2D eigenvalue weighted by atomic mass is 32.2. The summed E-state index contributed by atoms with van der Waals surface area (Å²) in [6.45, 7) is 2.38. The molecule has 0 unspecified atom stereocenters. The number of benzene rings is 1. The van der Waals surface area contributed by atoms with E-state index in [2.05, 4.69) is 47.7 Å². The van der Waals surface area contributed by atoms with E-state index in [4.69, 9.17) is 0 Å². The topological polar surface area (TPSA) is 3.24 Å². The second kappa shape index (κ2) is 5.06. The van der Waals surface area contributed by atoms with Gasteiger partial charge >= 0.3 is 0 Å². The maximum atomic E-state index is 2.43. The van der Waals surface area contributed by atoms with Gasteiger partial charge in [0.15, 0.2) is 0 Å². The van der Waals surface area contributed by atoms with Crippen LogP contribution in [0.25, 0.3) is 5.57 Å². The molecular weight excluding hydrogens is 282 g/mol. The molecule has 1 aromatic heterocycles. The van der Waals surface area contributed by atoms with Crippen molar-refractivity contribution in [3.05, 3.63) is 52.4 Å². The zero-order chi connectivity index (χ0) is 13.5. The van der Waals surface area contributed by atoms with Gasteiger partial charge in [0.05, 0.1) is 4.21 Å². The first-order valence-corrected chi connectivity index (χ1v) is 8.78. The third-order valence-electron chi connectivity index (χ3n) is 4.20. The summed E-state index contributed by atoms with van der Waals surface area (Å²) < 4.78 is 1.46. The molecule has 102 valence electrons. The molecule has 1 aromatic carbocycles. The Kier molecular flexibility index (Phi) is 3.21. The molecule has 3 heterocycles. The van der Waals surface area contributed by atoms with E-state index in [9.17, 15) is 0 Å². The van der Waals surface area contributed by atoms with Crippen LogP contribution in [0.2, 0.25) is 0 Å². The zero-order valence-corrected chi connectivity index (χ0v) is 13.2. The fraction of sp³-hybridized carbons (Fsp3) is 0.294. The van der Waals surface area contributed by atoms with Gasteiger partial charge in [-0.3, -0.25) is 0 Å². The van der Waals surface area contributed by atoms with Crippen LogP contribution in [0.15, 0.2) is 50.4 Å². The number of likely N-dealkylation sites (tertiary alicyclic amines) is 1. The maximum absolute atomic E-state index is 2.43. The molecule has 2 aromatic rings. The number of fused-ring (bicyclic) bond motifs is 2. The van der Waals surface area contributed by atoms with Gasteiger partial charge in [0, 0.05) is 23.5 Å². The van der Waals surface area contributed by atoms with Crippen molar-refractivity contribution < 1.29 is 0 Å². The van der Waals surface area contributed by atoms with Crippen molar-refractivity contribution in [1.29, 1.82) is 0 Å². The van der Waals surface area contributed by atoms with Crippen molar-refractivity contribution in [2.24, 2.45) is 0 Å². The van der Waals surface area contributed by atoms with Gasteiger partial charge < -0.3 is 4.90 Å². The summed E-state index contributed by atoms with van der Waals surface area (Å²) in [6, 6.07) is 11.2. The van der Waals surface area contributed by atoms with Crippen LogP contribution in [0.5, 0.6) is 0 Å². The molecule has 0 amide bonds. The van der Waals surface area contributed by atoms with Crippen molar-refractivity contribution in [2.45, 2.75) is 21.9 Å². The minimum atomic E-state index is 1.19. The lowest BCUT2D eigenvalue weighted by Gasteiger charge is -2.29. The molecule has 3 heteroatoms. The first-order chi connectivity index (χ1) is 9.83. The fourth-order valence-electron chi connectivity index (χ4n) is 3.09. The lowest BCUT2D eigenvalue weighted by molar-refractivity contribution is 0.313. The smallest absolute Gasteiger partial charge is 0.0725 e. The summed E-state index contributed by atoms with van der Waals surface area (Å²) in [4.78, 5) is 3.85. The van der Waals surface area contributed by atoms with Crippen molar-refractivity contribution in [2.75, 3.05) is 20.1 Å². The molecule has 0 spiro atoms. The van der Waals surface area contributed by atoms with E-state index in [1.54, 1.807) is 5.57 Å². The molecule has 0 bridgehead atoms. The van der Waals surface area contributed by atoms with Crippen molar-refractivity contribution in [3.63, 3.8) is 0 Å². The van der Waals surface area contributed by atoms with Gasteiger partial charge in [-0.1, -0.05) is 35.5 Å². The normalized spacial score (nSPS) is 18.9. The fourth-order valence-corrected chi connectivity index (χ4v) is 5.25. The Morgan fingerprint density at radius 1 is 1.00 bits per heavy atom. The summed E-state index contributed by atoms with van der Waals surface area (Å²) in [5, 5.41) is 2.24. The summed E-state index contributed by atoms with van der Waals surface area (Å²) in [5.74, 6) is 0. The molecule has 0 N–H and O–H groups in total. The maximum Gasteiger partial charge on any atom is 0.0725 e. The number of hydrogen-bond acceptors (Lipinski definition) is 3. The Labute approximate surface area is 128 Å². The minimum absolute atomic E-state index is 1.19. The van der Waals surface area contributed by atoms with Gasteiger partial charge in [-0.05, 0) is 48.5 Å². The highest BCUT2D eigenvalue weighted by Gasteiger charge is 2.25. The van der Waals surface area contributed by atoms with E-state index in [0.717, 1.165) is 0 Å². The Balaban J connectivity index is 1.90. The predicted octanol–water partition coefficient (Wildman–Crippen LogP) is 4.74. The molecule has 0 atom stereocenters. The molecule has 1 nitrogen and oxygen atoms in total. The lowest BCUT2D eigenvalue weighted by atomic mass is 9.89. The Hall–Kier alpha value is -1.03. The van der Waals surface area contributed by atoms with Crippen LogP contribution in [0, 0.1) is 0 Å². The van der Waals surface area contributed by atoms with Crippen LogP contribution in [-0.4, -0.2) is 25.0 Å². The van der Waals surface area contributed by atoms with Crippen LogP contribution >= 0.6 is 23.1 Å². The van der Waals surface area contributed by atoms with Crippen LogP contribution in [0.3, 0.4) is 0 Å². The Bertz CT molecular complexity index is 674. The van der Waals surface area contributed by atoms with Crippen LogP contribution in [0.4, 0.5) is 0 Å². The summed E-state index contributed by atoms with van der Waals surface area (Å²) in [6.07, 6.45) is 2.42. The first-order valence-electron chi connectivity index (χ1n) is 7.08. The van der Waals surface area contributed by atoms with Gasteiger partial charge in [-0.25, -0.2) is 0 Å². The largest absolute Gasteiger partial charge is 0.306 e. The SMILES string of the molecule is CN1CCC(=C2c3ccccc3Sc3sccc32)CC1. The summed E-state index contributed by atoms with van der Waals surface area (Å²) >= 11 is 3.81. The second-order valence-corrected chi connectivity index (χ2v) is 7.73. The molecule has 0 aliphatic carbocycles. The standard InChI is InChI=1S/C17H17NS2/c1-18-9-6-12(7-10-18)16-13-4-2-3-5-15(13)20-17-14(16)8-11-19-17/h2-5,8,11H,6-7,9-10H2,1H3. The Morgan fingerprint density at radius 3 is 2.65 bits per heavy atom. The molecule has 20 heavy (non-hydrogen) atoms. The monoisotopic (exact) mass is 299 g/mol. The van der Waals surface area contributed by atoms with Gasteiger partial charge in [0.1, 0.15) is 0 Å². The predicted molar refractivity (Wildman–Crippen MR) is 87.6 cm³/mol. The minimum Gasteiger partial charge on any atom is -0.306 e. The van der Waals surface area contributed by atoms with Gasteiger partial charge in [0.25, 0.3) is 0 Å². The van der Waals surface area contributed by atoms with E-state index in [1.165, 1.54) is 51.7 Å². The molecule has 2 aliphatic rings. The van der Waals surface area contributed by atoms with E-state index in [1.807, 2.05) is 23.1 Å². The summed E-state index contributed by atoms with van der Waals surface area (Å²) in [5.41, 5.74) is 6.10. The van der Waals surface area contributed by atoms with Gasteiger partial charge in [-0.2, -0.15) is 0 Å². The highest BCUT2D eigenvalue weighted by molar-refractivity contribution is 8.01. The average molecular weight is 299 g/mol. The van der Waals surface area contributed by atoms with E-state index in [-0.39, 0.29) is 0 Å². The van der Waals surface area contributed by atoms with Crippen LogP contribution in [0.1, 0.15) is 24.0 Å². The van der Waals surface area contributed by atoms with E-state index in [0.29, 0.717) is 0 Å². The van der Waals surface area contributed by atoms with E-state index < -0.39 is 0 Å². The third kappa shape index (κ3) is 2.05. The number of piperidine rings is 1. The molecular formula is C17H17NS2. The van der Waals surface area contributed by atoms with Gasteiger partial charge in [0.2, 0.25) is 0 Å². The number of thiophene rings is 1. The average Bonchev–Trinajstić information content (AvgIpc) is 2.93. The van der Waals surface area contributed by atoms with Crippen LogP contribution in [-0.2, 0) is 0 Å². The molecule has 1 saturated heterocycles.